The lowest BCUT2D eigenvalue weighted by molar-refractivity contribution is -0.523. The lowest BCUT2D eigenvalue weighted by Gasteiger charge is -2.13. The summed E-state index contributed by atoms with van der Waals surface area (Å²) >= 11 is 0. The smallest absolute Gasteiger partial charge is 0.373 e. The topological polar surface area (TPSA) is 212 Å². The van der Waals surface area contributed by atoms with Crippen LogP contribution in [0.1, 0.15) is 44.9 Å². The van der Waals surface area contributed by atoms with E-state index in [-0.39, 0.29) is 22.0 Å². The predicted octanol–water partition coefficient (Wildman–Crippen LogP) is 1.83. The summed E-state index contributed by atoms with van der Waals surface area (Å²) < 4.78 is 0. The number of rotatable bonds is 6. The molecule has 176 valence electrons. The molecular formula is C19H24N2O11. The molecule has 0 saturated carbocycles. The first-order valence-electron chi connectivity index (χ1n) is 9.17. The predicted molar refractivity (Wildman–Crippen MR) is 107 cm³/mol. The summed E-state index contributed by atoms with van der Waals surface area (Å²) in [7, 11) is 0. The number of allylic oxidation sites excluding steroid dienone is 3. The molecule has 2 unspecified atom stereocenters. The number of hydrogen-bond donors (Lipinski definition) is 2. The van der Waals surface area contributed by atoms with Crippen molar-refractivity contribution in [3.05, 3.63) is 56.2 Å². The fourth-order valence-electron chi connectivity index (χ4n) is 2.59. The number of aldehydes is 1. The fourth-order valence-corrected chi connectivity index (χ4v) is 2.59. The molecule has 2 aliphatic carbocycles. The van der Waals surface area contributed by atoms with Crippen LogP contribution in [0.2, 0.25) is 0 Å². The first kappa shape index (κ1) is 30.2. The highest BCUT2D eigenvalue weighted by atomic mass is 16.6. The van der Waals surface area contributed by atoms with Crippen molar-refractivity contribution in [2.24, 2.45) is 0 Å². The molecule has 2 N–H and O–H groups in total. The molecule has 2 rings (SSSR count). The number of carboxylic acids is 2. The summed E-state index contributed by atoms with van der Waals surface area (Å²) in [4.78, 5) is 65.5. The highest BCUT2D eigenvalue weighted by Gasteiger charge is 2.24. The van der Waals surface area contributed by atoms with Crippen LogP contribution in [0.3, 0.4) is 0 Å². The first-order chi connectivity index (χ1) is 15.0. The zero-order valence-corrected chi connectivity index (χ0v) is 17.1. The Labute approximate surface area is 182 Å². The van der Waals surface area contributed by atoms with E-state index >= 15 is 0 Å². The van der Waals surface area contributed by atoms with Crippen molar-refractivity contribution in [1.82, 2.24) is 0 Å². The Bertz CT molecular complexity index is 722. The number of aliphatic carboxylic acids is 2. The van der Waals surface area contributed by atoms with Gasteiger partial charge < -0.3 is 10.2 Å². The van der Waals surface area contributed by atoms with E-state index in [1.165, 1.54) is 0 Å². The van der Waals surface area contributed by atoms with Crippen molar-refractivity contribution < 1.29 is 44.0 Å². The second kappa shape index (κ2) is 17.8. The van der Waals surface area contributed by atoms with Gasteiger partial charge in [-0.05, 0) is 24.0 Å². The van der Waals surface area contributed by atoms with Crippen LogP contribution in [-0.4, -0.2) is 56.5 Å². The van der Waals surface area contributed by atoms with E-state index in [9.17, 15) is 34.6 Å². The van der Waals surface area contributed by atoms with Crippen molar-refractivity contribution in [1.29, 1.82) is 0 Å². The molecule has 0 radical (unpaired) electrons. The third-order valence-electron chi connectivity index (χ3n) is 4.07. The van der Waals surface area contributed by atoms with Gasteiger partial charge in [-0.1, -0.05) is 24.8 Å². The molecule has 0 aromatic carbocycles. The van der Waals surface area contributed by atoms with Crippen molar-refractivity contribution in [2.75, 3.05) is 0 Å². The number of hydrogen-bond acceptors (Lipinski definition) is 9. The molecule has 0 saturated heterocycles. The number of carbonyl (C=O) groups is 3. The second-order valence-electron chi connectivity index (χ2n) is 6.37. The van der Waals surface area contributed by atoms with Gasteiger partial charge in [0.2, 0.25) is 12.1 Å². The lowest BCUT2D eigenvalue weighted by atomic mass is 9.95. The highest BCUT2D eigenvalue weighted by molar-refractivity contribution is 5.88. The molecule has 0 amide bonds. The van der Waals surface area contributed by atoms with Gasteiger partial charge >= 0.3 is 18.1 Å². The van der Waals surface area contributed by atoms with Gasteiger partial charge in [-0.2, -0.15) is 9.59 Å². The molecule has 2 atom stereocenters. The van der Waals surface area contributed by atoms with Crippen molar-refractivity contribution in [3.63, 3.8) is 0 Å². The lowest BCUT2D eigenvalue weighted by Crippen LogP contribution is -2.22. The minimum atomic E-state index is -1.31. The van der Waals surface area contributed by atoms with Gasteiger partial charge in [0.1, 0.15) is 12.7 Å². The van der Waals surface area contributed by atoms with Crippen molar-refractivity contribution in [3.8, 4) is 0 Å². The van der Waals surface area contributed by atoms with Crippen LogP contribution in [0.5, 0.6) is 0 Å². The summed E-state index contributed by atoms with van der Waals surface area (Å²) in [5.41, 5.74) is 1.58. The average molecular weight is 456 g/mol. The van der Waals surface area contributed by atoms with Crippen LogP contribution in [0.15, 0.2) is 36.0 Å². The van der Waals surface area contributed by atoms with Gasteiger partial charge in [0.05, 0.1) is 0 Å². The number of carboxylic acid groups (broad SMARTS) is 2. The molecule has 0 aromatic heterocycles. The number of nitro groups is 2. The largest absolute Gasteiger partial charge is 0.481 e. The van der Waals surface area contributed by atoms with Crippen LogP contribution in [0, 0.1) is 20.2 Å². The normalized spacial score (nSPS) is 18.5. The number of carbonyl (C=O) groups excluding carboxylic acids is 3. The van der Waals surface area contributed by atoms with E-state index in [0.29, 0.717) is 44.0 Å². The van der Waals surface area contributed by atoms with Crippen LogP contribution < -0.4 is 0 Å². The van der Waals surface area contributed by atoms with E-state index in [4.69, 9.17) is 19.8 Å². The molecule has 2 aliphatic rings. The fraction of sp³-hybridized carbons (Fsp3) is 0.474. The monoisotopic (exact) mass is 456 g/mol. The molecule has 32 heavy (non-hydrogen) atoms. The molecule has 0 heterocycles. The molecule has 13 nitrogen and oxygen atoms in total. The maximum Gasteiger partial charge on any atom is 0.373 e. The summed E-state index contributed by atoms with van der Waals surface area (Å²) in [6.07, 6.45) is 9.19. The molecule has 0 bridgehead atoms. The van der Waals surface area contributed by atoms with Gasteiger partial charge in [0.25, 0.3) is 0 Å². The minimum absolute atomic E-state index is 0.198. The van der Waals surface area contributed by atoms with E-state index in [1.807, 2.05) is 6.08 Å². The van der Waals surface area contributed by atoms with Gasteiger partial charge in [-0.15, -0.1) is 0 Å². The second-order valence-corrected chi connectivity index (χ2v) is 6.37. The van der Waals surface area contributed by atoms with E-state index in [2.05, 4.69) is 6.58 Å². The van der Waals surface area contributed by atoms with Gasteiger partial charge in [0.15, 0.2) is 0 Å². The summed E-state index contributed by atoms with van der Waals surface area (Å²) in [6.45, 7) is 3.59. The van der Waals surface area contributed by atoms with E-state index in [0.717, 1.165) is 12.0 Å². The van der Waals surface area contributed by atoms with Crippen LogP contribution in [-0.2, 0) is 24.0 Å². The molecular weight excluding hydrogens is 432 g/mol. The van der Waals surface area contributed by atoms with Crippen LogP contribution in [0.25, 0.3) is 0 Å². The third-order valence-corrected chi connectivity index (χ3v) is 4.07. The van der Waals surface area contributed by atoms with Crippen molar-refractivity contribution in [2.45, 2.75) is 57.0 Å². The van der Waals surface area contributed by atoms with Gasteiger partial charge in [0, 0.05) is 35.5 Å². The third kappa shape index (κ3) is 15.9. The zero-order valence-electron chi connectivity index (χ0n) is 17.1. The molecule has 0 fully saturated rings. The van der Waals surface area contributed by atoms with Gasteiger partial charge in [-0.3, -0.25) is 34.6 Å². The van der Waals surface area contributed by atoms with E-state index < -0.39 is 24.4 Å². The summed E-state index contributed by atoms with van der Waals surface area (Å²) in [5.74, 6) is -2.62. The summed E-state index contributed by atoms with van der Waals surface area (Å²) in [6, 6.07) is -0.923. The Morgan fingerprint density at radius 3 is 1.66 bits per heavy atom. The Hall–Kier alpha value is -3.99. The summed E-state index contributed by atoms with van der Waals surface area (Å²) in [5, 5.41) is 36.0. The number of nitrogens with zero attached hydrogens (tertiary/aromatic N) is 2. The molecule has 0 spiro atoms. The standard InChI is InChI=1S/C8H11NO2.C7H9NO3.C3H4O4.CO2/c1-2-7-4-3-5-8(6-7)9(10)11;9-5-6-2-1-3-7(4-6)8(10)11;4-2(5)1-3(6)7;2-1-3/h2,4,8H,1,3,5-6H2;2,5,7H,1,3-4H2;1H2,(H,4,5)(H,6,7);. The maximum absolute atomic E-state index is 10.4. The molecule has 0 aromatic rings. The first-order valence-corrected chi connectivity index (χ1v) is 9.17. The minimum Gasteiger partial charge on any atom is -0.481 e. The Morgan fingerprint density at radius 2 is 1.38 bits per heavy atom. The highest BCUT2D eigenvalue weighted by Crippen LogP contribution is 2.20. The Kier molecular flexibility index (Phi) is 16.8. The molecule has 0 aliphatic heterocycles. The van der Waals surface area contributed by atoms with Crippen molar-refractivity contribution >= 4 is 24.4 Å². The van der Waals surface area contributed by atoms with E-state index in [1.54, 1.807) is 12.2 Å². The van der Waals surface area contributed by atoms with Gasteiger partial charge in [-0.25, -0.2) is 0 Å². The maximum atomic E-state index is 10.4. The Balaban J connectivity index is 0. The zero-order chi connectivity index (χ0) is 25.1. The van der Waals surface area contributed by atoms with Crippen LogP contribution >= 0.6 is 0 Å². The molecule has 13 heteroatoms. The van der Waals surface area contributed by atoms with Crippen LogP contribution in [0.4, 0.5) is 0 Å². The quantitative estimate of drug-likeness (QED) is 0.254. The average Bonchev–Trinajstić information content (AvgIpc) is 2.74. The SMILES string of the molecule is C=CC1=CCCC([N+](=O)[O-])C1.O=C(O)CC(=O)O.O=C=O.O=CC1=CCCC([N+](=O)[O-])C1. The Morgan fingerprint density at radius 1 is 1.00 bits per heavy atom.